The highest BCUT2D eigenvalue weighted by atomic mass is 16.6. The van der Waals surface area contributed by atoms with E-state index < -0.39 is 11.7 Å². The summed E-state index contributed by atoms with van der Waals surface area (Å²) in [6, 6.07) is 1.89. The van der Waals surface area contributed by atoms with Gasteiger partial charge in [0.05, 0.1) is 17.9 Å². The van der Waals surface area contributed by atoms with Crippen LogP contribution >= 0.6 is 0 Å². The second kappa shape index (κ2) is 6.23. The summed E-state index contributed by atoms with van der Waals surface area (Å²) in [5.74, 6) is 0.923. The molecule has 2 aromatic heterocycles. The van der Waals surface area contributed by atoms with Crippen LogP contribution in [-0.2, 0) is 11.8 Å². The van der Waals surface area contributed by atoms with Crippen LogP contribution in [0.3, 0.4) is 0 Å². The van der Waals surface area contributed by atoms with Gasteiger partial charge in [0.15, 0.2) is 0 Å². The van der Waals surface area contributed by atoms with Crippen molar-refractivity contribution in [3.05, 3.63) is 18.0 Å². The summed E-state index contributed by atoms with van der Waals surface area (Å²) in [4.78, 5) is 22.3. The van der Waals surface area contributed by atoms with Crippen molar-refractivity contribution in [2.45, 2.75) is 25.9 Å². The predicted octanol–water partition coefficient (Wildman–Crippen LogP) is 1.09. The molecule has 0 aromatic carbocycles. The number of ether oxygens (including phenoxy) is 1. The minimum absolute atomic E-state index is 0.205. The van der Waals surface area contributed by atoms with Crippen molar-refractivity contribution in [1.82, 2.24) is 25.1 Å². The Labute approximate surface area is 146 Å². The van der Waals surface area contributed by atoms with Gasteiger partial charge >= 0.3 is 6.09 Å². The first kappa shape index (κ1) is 17.0. The SMILES string of the molecule is CNC(=O)OC1(C)CCN(c2cc(-c3cn(C)nc3C)nc(N)n2)C1. The van der Waals surface area contributed by atoms with Crippen LogP contribution in [0.15, 0.2) is 12.3 Å². The Kier molecular flexibility index (Phi) is 4.23. The van der Waals surface area contributed by atoms with Gasteiger partial charge < -0.3 is 20.7 Å². The number of carbonyl (C=O) groups excluding carboxylic acids is 1. The largest absolute Gasteiger partial charge is 0.441 e. The molecule has 134 valence electrons. The number of aromatic nitrogens is 4. The molecule has 0 radical (unpaired) electrons. The lowest BCUT2D eigenvalue weighted by Crippen LogP contribution is -2.38. The number of carbonyl (C=O) groups is 1. The maximum atomic E-state index is 11.5. The summed E-state index contributed by atoms with van der Waals surface area (Å²) in [6.45, 7) is 5.11. The average Bonchev–Trinajstić information content (AvgIpc) is 3.09. The van der Waals surface area contributed by atoms with E-state index in [1.165, 1.54) is 0 Å². The number of amides is 1. The van der Waals surface area contributed by atoms with Crippen LogP contribution < -0.4 is 16.0 Å². The zero-order valence-electron chi connectivity index (χ0n) is 14.9. The molecule has 1 atom stereocenters. The first-order chi connectivity index (χ1) is 11.8. The van der Waals surface area contributed by atoms with Crippen LogP contribution in [0, 0.1) is 6.92 Å². The maximum Gasteiger partial charge on any atom is 0.407 e. The van der Waals surface area contributed by atoms with Gasteiger partial charge in [-0.2, -0.15) is 10.1 Å². The lowest BCUT2D eigenvalue weighted by Gasteiger charge is -2.25. The van der Waals surface area contributed by atoms with Crippen LogP contribution in [-0.4, -0.2) is 51.6 Å². The monoisotopic (exact) mass is 345 g/mol. The third-order valence-corrected chi connectivity index (χ3v) is 4.32. The summed E-state index contributed by atoms with van der Waals surface area (Å²) >= 11 is 0. The van der Waals surface area contributed by atoms with Gasteiger partial charge in [0, 0.05) is 44.9 Å². The normalized spacial score (nSPS) is 19.9. The van der Waals surface area contributed by atoms with Crippen LogP contribution in [0.2, 0.25) is 0 Å². The molecule has 9 nitrogen and oxygen atoms in total. The molecule has 1 saturated heterocycles. The van der Waals surface area contributed by atoms with Crippen molar-refractivity contribution in [2.75, 3.05) is 30.8 Å². The molecule has 1 aliphatic rings. The van der Waals surface area contributed by atoms with E-state index >= 15 is 0 Å². The molecule has 0 saturated carbocycles. The lowest BCUT2D eigenvalue weighted by atomic mass is 10.1. The van der Waals surface area contributed by atoms with Crippen molar-refractivity contribution in [2.24, 2.45) is 7.05 Å². The molecule has 0 aliphatic carbocycles. The summed E-state index contributed by atoms with van der Waals surface area (Å²) in [7, 11) is 3.41. The summed E-state index contributed by atoms with van der Waals surface area (Å²) < 4.78 is 7.23. The molecule has 2 aromatic rings. The fourth-order valence-corrected chi connectivity index (χ4v) is 3.09. The van der Waals surface area contributed by atoms with Gasteiger partial charge in [-0.3, -0.25) is 4.68 Å². The standard InChI is InChI=1S/C16H23N7O2/c1-10-11(8-22(4)21-10)12-7-13(20-14(17)19-12)23-6-5-16(2,9-23)25-15(24)18-3/h7-8H,5-6,9H2,1-4H3,(H,18,24)(H2,17,19,20). The number of nitrogen functional groups attached to an aromatic ring is 1. The van der Waals surface area contributed by atoms with Crippen molar-refractivity contribution < 1.29 is 9.53 Å². The highest BCUT2D eigenvalue weighted by Gasteiger charge is 2.38. The highest BCUT2D eigenvalue weighted by molar-refractivity contribution is 5.68. The summed E-state index contributed by atoms with van der Waals surface area (Å²) in [6.07, 6.45) is 2.19. The molecule has 3 heterocycles. The first-order valence-electron chi connectivity index (χ1n) is 8.10. The topological polar surface area (TPSA) is 111 Å². The fraction of sp³-hybridized carbons (Fsp3) is 0.500. The molecule has 1 amide bonds. The van der Waals surface area contributed by atoms with Crippen LogP contribution in [0.1, 0.15) is 19.0 Å². The van der Waals surface area contributed by atoms with Gasteiger partial charge in [0.2, 0.25) is 5.95 Å². The summed E-state index contributed by atoms with van der Waals surface area (Å²) in [5, 5.41) is 6.83. The Hall–Kier alpha value is -2.84. The molecule has 9 heteroatoms. The molecular formula is C16H23N7O2. The van der Waals surface area contributed by atoms with Gasteiger partial charge in [-0.1, -0.05) is 0 Å². The van der Waals surface area contributed by atoms with Gasteiger partial charge in [0.25, 0.3) is 0 Å². The van der Waals surface area contributed by atoms with Crippen molar-refractivity contribution >= 4 is 17.9 Å². The Morgan fingerprint density at radius 3 is 2.84 bits per heavy atom. The second-order valence-corrected chi connectivity index (χ2v) is 6.53. The molecule has 3 N–H and O–H groups in total. The number of anilines is 2. The lowest BCUT2D eigenvalue weighted by molar-refractivity contribution is 0.0426. The molecule has 1 fully saturated rings. The van der Waals surface area contributed by atoms with E-state index in [2.05, 4.69) is 25.3 Å². The van der Waals surface area contributed by atoms with E-state index in [-0.39, 0.29) is 5.95 Å². The van der Waals surface area contributed by atoms with Crippen molar-refractivity contribution in [3.8, 4) is 11.3 Å². The zero-order chi connectivity index (χ0) is 18.2. The second-order valence-electron chi connectivity index (χ2n) is 6.53. The fourth-order valence-electron chi connectivity index (χ4n) is 3.09. The maximum absolute atomic E-state index is 11.5. The number of nitrogens with one attached hydrogen (secondary N) is 1. The number of nitrogens with zero attached hydrogens (tertiary/aromatic N) is 5. The smallest absolute Gasteiger partial charge is 0.407 e. The predicted molar refractivity (Wildman–Crippen MR) is 94.2 cm³/mol. The minimum Gasteiger partial charge on any atom is -0.441 e. The Morgan fingerprint density at radius 1 is 1.44 bits per heavy atom. The molecule has 0 spiro atoms. The van der Waals surface area contributed by atoms with E-state index in [0.717, 1.165) is 29.3 Å². The average molecular weight is 345 g/mol. The number of hydrogen-bond donors (Lipinski definition) is 2. The van der Waals surface area contributed by atoms with E-state index in [1.54, 1.807) is 11.7 Å². The van der Waals surface area contributed by atoms with Gasteiger partial charge in [0.1, 0.15) is 11.4 Å². The van der Waals surface area contributed by atoms with Gasteiger partial charge in [-0.25, -0.2) is 9.78 Å². The number of hydrogen-bond acceptors (Lipinski definition) is 7. The molecule has 1 aliphatic heterocycles. The number of aryl methyl sites for hydroxylation is 2. The third-order valence-electron chi connectivity index (χ3n) is 4.32. The van der Waals surface area contributed by atoms with Crippen LogP contribution in [0.5, 0.6) is 0 Å². The molecular weight excluding hydrogens is 322 g/mol. The van der Waals surface area contributed by atoms with Crippen LogP contribution in [0.4, 0.5) is 16.6 Å². The minimum atomic E-state index is -0.565. The highest BCUT2D eigenvalue weighted by Crippen LogP contribution is 2.31. The van der Waals surface area contributed by atoms with Crippen LogP contribution in [0.25, 0.3) is 11.3 Å². The number of alkyl carbamates (subject to hydrolysis) is 1. The van der Waals surface area contributed by atoms with Crippen molar-refractivity contribution in [3.63, 3.8) is 0 Å². The van der Waals surface area contributed by atoms with Crippen molar-refractivity contribution in [1.29, 1.82) is 0 Å². The van der Waals surface area contributed by atoms with E-state index in [1.807, 2.05) is 33.2 Å². The molecule has 25 heavy (non-hydrogen) atoms. The van der Waals surface area contributed by atoms with E-state index in [0.29, 0.717) is 13.0 Å². The molecule has 3 rings (SSSR count). The van der Waals surface area contributed by atoms with Gasteiger partial charge in [-0.15, -0.1) is 0 Å². The number of rotatable bonds is 3. The number of nitrogens with two attached hydrogens (primary N) is 1. The van der Waals surface area contributed by atoms with E-state index in [9.17, 15) is 4.79 Å². The Balaban J connectivity index is 1.86. The molecule has 0 bridgehead atoms. The summed E-state index contributed by atoms with van der Waals surface area (Å²) in [5.41, 5.74) is 7.88. The van der Waals surface area contributed by atoms with E-state index in [4.69, 9.17) is 10.5 Å². The zero-order valence-corrected chi connectivity index (χ0v) is 14.9. The quantitative estimate of drug-likeness (QED) is 0.856. The first-order valence-corrected chi connectivity index (χ1v) is 8.10. The Bertz CT molecular complexity index is 804. The third kappa shape index (κ3) is 3.49. The Morgan fingerprint density at radius 2 is 2.20 bits per heavy atom. The molecule has 1 unspecified atom stereocenters. The van der Waals surface area contributed by atoms with Gasteiger partial charge in [-0.05, 0) is 13.8 Å².